The van der Waals surface area contributed by atoms with E-state index in [9.17, 15) is 0 Å². The predicted octanol–water partition coefficient (Wildman–Crippen LogP) is 2.93. The summed E-state index contributed by atoms with van der Waals surface area (Å²) in [4.78, 5) is 0. The Morgan fingerprint density at radius 2 is 2.25 bits per heavy atom. The zero-order valence-corrected chi connectivity index (χ0v) is 9.96. The van der Waals surface area contributed by atoms with Crippen molar-refractivity contribution in [2.45, 2.75) is 6.42 Å². The molecule has 0 unspecified atom stereocenters. The highest BCUT2D eigenvalue weighted by molar-refractivity contribution is 6.31. The van der Waals surface area contributed by atoms with Gasteiger partial charge in [0.2, 0.25) is 0 Å². The Bertz CT molecular complexity index is 342. The van der Waals surface area contributed by atoms with Crippen LogP contribution in [0, 0.1) is 0 Å². The highest BCUT2D eigenvalue weighted by Crippen LogP contribution is 2.22. The van der Waals surface area contributed by atoms with E-state index in [4.69, 9.17) is 22.1 Å². The second-order valence-corrected chi connectivity index (χ2v) is 3.78. The number of nitrogens with one attached hydrogen (secondary N) is 1. The summed E-state index contributed by atoms with van der Waals surface area (Å²) >= 11 is 5.86. The first-order valence-corrected chi connectivity index (χ1v) is 5.59. The second kappa shape index (κ2) is 7.14. The van der Waals surface area contributed by atoms with Gasteiger partial charge < -0.3 is 15.8 Å². The van der Waals surface area contributed by atoms with Crippen molar-refractivity contribution in [3.05, 3.63) is 35.9 Å². The molecule has 0 atom stereocenters. The maximum Gasteiger partial charge on any atom is 0.0639 e. The normalized spacial score (nSPS) is 10.1. The molecule has 1 aromatic carbocycles. The van der Waals surface area contributed by atoms with Crippen molar-refractivity contribution in [2.24, 2.45) is 0 Å². The molecule has 0 amide bonds. The van der Waals surface area contributed by atoms with Gasteiger partial charge in [0.1, 0.15) is 0 Å². The Kier molecular flexibility index (Phi) is 5.75. The number of hydrogen-bond donors (Lipinski definition) is 2. The molecule has 0 spiro atoms. The monoisotopic (exact) mass is 240 g/mol. The SMILES string of the molecule is C=CCCOCCNc1cc(Cl)ccc1N. The number of benzene rings is 1. The number of hydrogen-bond acceptors (Lipinski definition) is 3. The molecule has 0 saturated carbocycles. The lowest BCUT2D eigenvalue weighted by molar-refractivity contribution is 0.149. The molecule has 0 radical (unpaired) electrons. The molecule has 0 saturated heterocycles. The largest absolute Gasteiger partial charge is 0.397 e. The first-order chi connectivity index (χ1) is 7.74. The maximum absolute atomic E-state index is 5.86. The van der Waals surface area contributed by atoms with Gasteiger partial charge in [0.25, 0.3) is 0 Å². The van der Waals surface area contributed by atoms with Crippen LogP contribution in [0.4, 0.5) is 11.4 Å². The van der Waals surface area contributed by atoms with Crippen LogP contribution in [-0.2, 0) is 4.74 Å². The quantitative estimate of drug-likeness (QED) is 0.438. The molecule has 1 rings (SSSR count). The van der Waals surface area contributed by atoms with Crippen LogP contribution in [0.25, 0.3) is 0 Å². The molecule has 3 nitrogen and oxygen atoms in total. The van der Waals surface area contributed by atoms with Crippen LogP contribution in [0.2, 0.25) is 5.02 Å². The van der Waals surface area contributed by atoms with E-state index < -0.39 is 0 Å². The van der Waals surface area contributed by atoms with Crippen molar-refractivity contribution in [3.8, 4) is 0 Å². The van der Waals surface area contributed by atoms with Crippen molar-refractivity contribution < 1.29 is 4.74 Å². The van der Waals surface area contributed by atoms with Crippen LogP contribution in [0.3, 0.4) is 0 Å². The zero-order valence-electron chi connectivity index (χ0n) is 9.21. The van der Waals surface area contributed by atoms with Crippen molar-refractivity contribution in [3.63, 3.8) is 0 Å². The summed E-state index contributed by atoms with van der Waals surface area (Å²) in [5.74, 6) is 0. The topological polar surface area (TPSA) is 47.3 Å². The van der Waals surface area contributed by atoms with Crippen molar-refractivity contribution >= 4 is 23.0 Å². The number of halogens is 1. The molecule has 88 valence electrons. The third kappa shape index (κ3) is 4.55. The van der Waals surface area contributed by atoms with E-state index in [2.05, 4.69) is 11.9 Å². The van der Waals surface area contributed by atoms with Gasteiger partial charge >= 0.3 is 0 Å². The molecule has 0 aliphatic heterocycles. The van der Waals surface area contributed by atoms with Crippen LogP contribution in [-0.4, -0.2) is 19.8 Å². The molecular formula is C12H17ClN2O. The van der Waals surface area contributed by atoms with Crippen molar-refractivity contribution in [1.29, 1.82) is 0 Å². The fraction of sp³-hybridized carbons (Fsp3) is 0.333. The molecular weight excluding hydrogens is 224 g/mol. The molecule has 0 aromatic heterocycles. The van der Waals surface area contributed by atoms with E-state index in [-0.39, 0.29) is 0 Å². The minimum absolute atomic E-state index is 0.639. The van der Waals surface area contributed by atoms with Crippen LogP contribution in [0.15, 0.2) is 30.9 Å². The van der Waals surface area contributed by atoms with Gasteiger partial charge in [-0.1, -0.05) is 17.7 Å². The summed E-state index contributed by atoms with van der Waals surface area (Å²) in [6.07, 6.45) is 2.71. The van der Waals surface area contributed by atoms with Gasteiger partial charge in [-0.05, 0) is 24.6 Å². The number of rotatable bonds is 7. The first kappa shape index (κ1) is 12.9. The molecule has 0 aliphatic carbocycles. The number of ether oxygens (including phenoxy) is 1. The van der Waals surface area contributed by atoms with Gasteiger partial charge in [-0.15, -0.1) is 6.58 Å². The third-order valence-electron chi connectivity index (χ3n) is 2.04. The van der Waals surface area contributed by atoms with Gasteiger partial charge in [-0.2, -0.15) is 0 Å². The average Bonchev–Trinajstić information content (AvgIpc) is 2.28. The van der Waals surface area contributed by atoms with Gasteiger partial charge in [0.05, 0.1) is 24.6 Å². The molecule has 4 heteroatoms. The molecule has 3 N–H and O–H groups in total. The molecule has 0 heterocycles. The highest BCUT2D eigenvalue weighted by Gasteiger charge is 1.98. The molecule has 0 bridgehead atoms. The maximum atomic E-state index is 5.86. The smallest absolute Gasteiger partial charge is 0.0639 e. The lowest BCUT2D eigenvalue weighted by atomic mass is 10.2. The minimum Gasteiger partial charge on any atom is -0.397 e. The van der Waals surface area contributed by atoms with E-state index in [1.54, 1.807) is 18.2 Å². The van der Waals surface area contributed by atoms with Crippen LogP contribution < -0.4 is 11.1 Å². The number of nitrogen functional groups attached to an aromatic ring is 1. The van der Waals surface area contributed by atoms with Gasteiger partial charge in [0, 0.05) is 11.6 Å². The Morgan fingerprint density at radius 1 is 1.44 bits per heavy atom. The summed E-state index contributed by atoms with van der Waals surface area (Å²) in [5, 5.41) is 3.84. The first-order valence-electron chi connectivity index (χ1n) is 5.21. The Morgan fingerprint density at radius 3 is 3.00 bits per heavy atom. The summed E-state index contributed by atoms with van der Waals surface area (Å²) < 4.78 is 5.36. The summed E-state index contributed by atoms with van der Waals surface area (Å²) in [5.41, 5.74) is 7.31. The Balaban J connectivity index is 2.26. The third-order valence-corrected chi connectivity index (χ3v) is 2.28. The average molecular weight is 241 g/mol. The Labute approximate surface area is 101 Å². The van der Waals surface area contributed by atoms with Gasteiger partial charge in [-0.3, -0.25) is 0 Å². The fourth-order valence-electron chi connectivity index (χ4n) is 1.21. The fourth-order valence-corrected chi connectivity index (χ4v) is 1.38. The molecule has 0 fully saturated rings. The number of nitrogens with two attached hydrogens (primary N) is 1. The standard InChI is InChI=1S/C12H17ClN2O/c1-2-3-7-16-8-6-15-12-9-10(13)4-5-11(12)14/h2,4-5,9,15H,1,3,6-8,14H2. The summed E-state index contributed by atoms with van der Waals surface area (Å²) in [6, 6.07) is 5.35. The number of anilines is 2. The van der Waals surface area contributed by atoms with E-state index in [1.165, 1.54) is 0 Å². The van der Waals surface area contributed by atoms with E-state index in [0.717, 1.165) is 12.1 Å². The predicted molar refractivity (Wildman–Crippen MR) is 70.0 cm³/mol. The zero-order chi connectivity index (χ0) is 11.8. The molecule has 1 aromatic rings. The lowest BCUT2D eigenvalue weighted by Crippen LogP contribution is -2.11. The van der Waals surface area contributed by atoms with Crippen LogP contribution in [0.5, 0.6) is 0 Å². The lowest BCUT2D eigenvalue weighted by Gasteiger charge is -2.09. The Hall–Kier alpha value is -1.19. The second-order valence-electron chi connectivity index (χ2n) is 3.35. The van der Waals surface area contributed by atoms with Gasteiger partial charge in [-0.25, -0.2) is 0 Å². The van der Waals surface area contributed by atoms with E-state index >= 15 is 0 Å². The van der Waals surface area contributed by atoms with Crippen molar-refractivity contribution in [1.82, 2.24) is 0 Å². The van der Waals surface area contributed by atoms with Crippen LogP contribution in [0.1, 0.15) is 6.42 Å². The summed E-state index contributed by atoms with van der Waals surface area (Å²) in [6.45, 7) is 5.67. The highest BCUT2D eigenvalue weighted by atomic mass is 35.5. The van der Waals surface area contributed by atoms with Crippen LogP contribution >= 0.6 is 11.6 Å². The van der Waals surface area contributed by atoms with Gasteiger partial charge in [0.15, 0.2) is 0 Å². The minimum atomic E-state index is 0.639. The molecule has 16 heavy (non-hydrogen) atoms. The molecule has 0 aliphatic rings. The summed E-state index contributed by atoms with van der Waals surface area (Å²) in [7, 11) is 0. The van der Waals surface area contributed by atoms with E-state index in [0.29, 0.717) is 30.5 Å². The van der Waals surface area contributed by atoms with Crippen molar-refractivity contribution in [2.75, 3.05) is 30.8 Å². The van der Waals surface area contributed by atoms with E-state index in [1.807, 2.05) is 6.08 Å².